The Labute approximate surface area is 41.4 Å². The molecular weight excluding hydrogens is 94.4 g/mol. The summed E-state index contributed by atoms with van der Waals surface area (Å²) < 4.78 is 0. The second-order valence-corrected chi connectivity index (χ2v) is 0. The first kappa shape index (κ1) is 120. The van der Waals surface area contributed by atoms with E-state index in [1.54, 1.807) is 0 Å². The van der Waals surface area contributed by atoms with Crippen LogP contribution in [0, 0.1) is 0 Å². The first-order valence-corrected chi connectivity index (χ1v) is 0. The predicted octanol–water partition coefficient (Wildman–Crippen LogP) is -0.903. The second kappa shape index (κ2) is 51.1. The minimum atomic E-state index is 0. The van der Waals surface area contributed by atoms with Crippen LogP contribution in [0.4, 0.5) is 0 Å². The van der Waals surface area contributed by atoms with Crippen LogP contribution in [-0.2, 0) is 5.48 Å². The van der Waals surface area contributed by atoms with E-state index in [4.69, 9.17) is 0 Å². The molecule has 0 amide bonds. The summed E-state index contributed by atoms with van der Waals surface area (Å²) in [5.74, 6) is 0. The Bertz CT molecular complexity index is 6.00. The molecule has 0 bridgehead atoms. The van der Waals surface area contributed by atoms with Crippen LogP contribution in [0.5, 0.6) is 0 Å². The standard InChI is InChI=1S/Al.ClH.H2O.O/h;1H;1H2;/q+3;;;-2. The number of halogens is 1. The molecule has 0 radical (unpaired) electrons. The third-order valence-corrected chi connectivity index (χ3v) is 0. The fraction of sp³-hybridized carbons (Fsp3) is 0. The van der Waals surface area contributed by atoms with Crippen molar-refractivity contribution >= 4 is 29.8 Å². The van der Waals surface area contributed by atoms with Crippen molar-refractivity contribution in [1.82, 2.24) is 0 Å². The van der Waals surface area contributed by atoms with Crippen molar-refractivity contribution < 1.29 is 11.0 Å². The van der Waals surface area contributed by atoms with Gasteiger partial charge in [0.2, 0.25) is 0 Å². The zero-order valence-electron chi connectivity index (χ0n) is 1.89. The van der Waals surface area contributed by atoms with Gasteiger partial charge in [-0.15, -0.1) is 12.4 Å². The third-order valence-electron chi connectivity index (χ3n) is 0. The SMILES string of the molecule is Cl.O.[Al+3].[O-2]. The Morgan fingerprint density at radius 1 is 1.00 bits per heavy atom. The number of rotatable bonds is 0. The second-order valence-electron chi connectivity index (χ2n) is 0. The van der Waals surface area contributed by atoms with Gasteiger partial charge in [-0.2, -0.15) is 0 Å². The first-order valence-electron chi connectivity index (χ1n) is 0. The Hall–Kier alpha value is 0.742. The summed E-state index contributed by atoms with van der Waals surface area (Å²) >= 11 is 0. The Kier molecular flexibility index (Phi) is 1540. The molecular formula is H3AlClO2+. The maximum absolute atomic E-state index is 0. The molecule has 0 aliphatic carbocycles. The van der Waals surface area contributed by atoms with E-state index >= 15 is 0 Å². The minimum absolute atomic E-state index is 0. The molecule has 0 aromatic carbocycles. The average molecular weight is 97.5 g/mol. The van der Waals surface area contributed by atoms with Crippen molar-refractivity contribution in [2.45, 2.75) is 0 Å². The van der Waals surface area contributed by atoms with E-state index in [2.05, 4.69) is 0 Å². The van der Waals surface area contributed by atoms with E-state index in [0.717, 1.165) is 0 Å². The van der Waals surface area contributed by atoms with Gasteiger partial charge < -0.3 is 11.0 Å². The maximum Gasteiger partial charge on any atom is 3.00 e. The summed E-state index contributed by atoms with van der Waals surface area (Å²) in [6.45, 7) is 0. The van der Waals surface area contributed by atoms with E-state index in [1.807, 2.05) is 0 Å². The van der Waals surface area contributed by atoms with Crippen molar-refractivity contribution in [2.24, 2.45) is 0 Å². The van der Waals surface area contributed by atoms with Crippen molar-refractivity contribution in [3.8, 4) is 0 Å². The van der Waals surface area contributed by atoms with Crippen molar-refractivity contribution in [3.63, 3.8) is 0 Å². The van der Waals surface area contributed by atoms with Crippen LogP contribution in [0.25, 0.3) is 0 Å². The van der Waals surface area contributed by atoms with Crippen LogP contribution < -0.4 is 0 Å². The summed E-state index contributed by atoms with van der Waals surface area (Å²) in [7, 11) is 0. The molecule has 0 spiro atoms. The molecule has 0 rings (SSSR count). The number of hydrogen-bond donors (Lipinski definition) is 0. The van der Waals surface area contributed by atoms with Gasteiger partial charge in [0, 0.05) is 0 Å². The third kappa shape index (κ3) is 15.1. The molecule has 0 saturated heterocycles. The predicted molar refractivity (Wildman–Crippen MR) is 17.3 cm³/mol. The van der Waals surface area contributed by atoms with E-state index in [0.29, 0.717) is 0 Å². The van der Waals surface area contributed by atoms with Gasteiger partial charge in [-0.1, -0.05) is 0 Å². The summed E-state index contributed by atoms with van der Waals surface area (Å²) in [5, 5.41) is 0. The van der Waals surface area contributed by atoms with Crippen LogP contribution in [0.3, 0.4) is 0 Å². The zero-order valence-corrected chi connectivity index (χ0v) is 3.87. The van der Waals surface area contributed by atoms with Crippen LogP contribution in [-0.4, -0.2) is 22.8 Å². The molecule has 0 aliphatic heterocycles. The van der Waals surface area contributed by atoms with E-state index < -0.39 is 0 Å². The molecule has 0 heterocycles. The van der Waals surface area contributed by atoms with Crippen LogP contribution in [0.15, 0.2) is 0 Å². The molecule has 2 nitrogen and oxygen atoms in total. The fourth-order valence-electron chi connectivity index (χ4n) is 0. The topological polar surface area (TPSA) is 60.0 Å². The zero-order chi connectivity index (χ0) is 0. The normalized spacial score (nSPS) is 0. The summed E-state index contributed by atoms with van der Waals surface area (Å²) in [6.07, 6.45) is 0. The molecule has 0 aromatic rings. The van der Waals surface area contributed by atoms with Gasteiger partial charge in [0.05, 0.1) is 0 Å². The van der Waals surface area contributed by atoms with Crippen molar-refractivity contribution in [2.75, 3.05) is 0 Å². The molecule has 0 aliphatic rings. The van der Waals surface area contributed by atoms with Crippen molar-refractivity contribution in [3.05, 3.63) is 0 Å². The average Bonchev–Trinajstić information content (AvgIpc) is 0. The van der Waals surface area contributed by atoms with E-state index in [-0.39, 0.29) is 40.7 Å². The fourth-order valence-corrected chi connectivity index (χ4v) is 0. The monoisotopic (exact) mass is 97.0 g/mol. The van der Waals surface area contributed by atoms with Gasteiger partial charge >= 0.3 is 17.4 Å². The van der Waals surface area contributed by atoms with Crippen LogP contribution in [0.2, 0.25) is 0 Å². The Morgan fingerprint density at radius 2 is 1.00 bits per heavy atom. The van der Waals surface area contributed by atoms with Gasteiger partial charge in [0.1, 0.15) is 0 Å². The smallest absolute Gasteiger partial charge is 2.00 e. The molecule has 0 aromatic heterocycles. The molecule has 4 heavy (non-hydrogen) atoms. The largest absolute Gasteiger partial charge is 3.00 e. The van der Waals surface area contributed by atoms with Crippen LogP contribution >= 0.6 is 12.4 Å². The molecule has 4 heteroatoms. The summed E-state index contributed by atoms with van der Waals surface area (Å²) in [6, 6.07) is 0. The summed E-state index contributed by atoms with van der Waals surface area (Å²) in [5.41, 5.74) is 0. The van der Waals surface area contributed by atoms with Gasteiger partial charge in [-0.3, -0.25) is 0 Å². The minimum Gasteiger partial charge on any atom is -2.00 e. The van der Waals surface area contributed by atoms with Gasteiger partial charge in [-0.05, 0) is 0 Å². The molecule has 0 atom stereocenters. The maximum atomic E-state index is 0. The summed E-state index contributed by atoms with van der Waals surface area (Å²) in [4.78, 5) is 0. The first-order chi connectivity index (χ1) is 0. The number of hydrogen-bond acceptors (Lipinski definition) is 0. The molecule has 0 fully saturated rings. The van der Waals surface area contributed by atoms with Crippen LogP contribution in [0.1, 0.15) is 0 Å². The van der Waals surface area contributed by atoms with Crippen molar-refractivity contribution in [1.29, 1.82) is 0 Å². The Morgan fingerprint density at radius 3 is 1.00 bits per heavy atom. The van der Waals surface area contributed by atoms with E-state index in [1.165, 1.54) is 0 Å². The molecule has 24 valence electrons. The van der Waals surface area contributed by atoms with Gasteiger partial charge in [-0.25, -0.2) is 0 Å². The van der Waals surface area contributed by atoms with Gasteiger partial charge in [0.25, 0.3) is 0 Å². The van der Waals surface area contributed by atoms with Gasteiger partial charge in [0.15, 0.2) is 0 Å². The molecule has 0 unspecified atom stereocenters. The Balaban J connectivity index is 0. The molecule has 0 saturated carbocycles. The molecule has 2 N–H and O–H groups in total. The van der Waals surface area contributed by atoms with E-state index in [9.17, 15) is 0 Å². The quantitative estimate of drug-likeness (QED) is 0.352.